The van der Waals surface area contributed by atoms with Crippen molar-refractivity contribution >= 4 is 64.4 Å². The van der Waals surface area contributed by atoms with E-state index in [1.165, 1.54) is 18.2 Å². The standard InChI is InChI=1S/C27H15NO13S3.2Na/c29-21-13-7-1-2-8-14(13)22(30)26(21,43(36,37)38)19-17-11-5-6-12-18(17)28-25(42(33,34)35)20(19)27(44(39,40)41)23(31)15-9-3-4-10-16(15)24(27)32;;/h1-12H,(H,33,34,35)(H,36,37,38)(H,39,40,41);;/q;2*+1/p-3. The number of fused-ring (bicyclic) bond motifs is 3. The average Bonchev–Trinajstić information content (AvgIpc) is 3.32. The van der Waals surface area contributed by atoms with Crippen molar-refractivity contribution in [2.24, 2.45) is 0 Å². The van der Waals surface area contributed by atoms with Gasteiger partial charge in [0, 0.05) is 38.8 Å². The molecule has 6 rings (SSSR count). The number of hydrogen-bond acceptors (Lipinski definition) is 14. The third-order valence-electron chi connectivity index (χ3n) is 7.66. The molecule has 0 atom stereocenters. The van der Waals surface area contributed by atoms with Crippen molar-refractivity contribution in [1.82, 2.24) is 4.98 Å². The van der Waals surface area contributed by atoms with E-state index in [4.69, 9.17) is 0 Å². The number of carbonyl (C=O) groups is 4. The zero-order valence-corrected chi connectivity index (χ0v) is 29.9. The third-order valence-corrected chi connectivity index (χ3v) is 11.1. The molecule has 1 heterocycles. The Kier molecular flexibility index (Phi) is 9.14. The van der Waals surface area contributed by atoms with Crippen molar-refractivity contribution < 1.29 is 117 Å². The van der Waals surface area contributed by atoms with Crippen molar-refractivity contribution in [3.63, 3.8) is 0 Å². The molecule has 14 nitrogen and oxygen atoms in total. The summed E-state index contributed by atoms with van der Waals surface area (Å²) in [5.74, 6) is -7.47. The fraction of sp³-hybridized carbons (Fsp3) is 0.0741. The van der Waals surface area contributed by atoms with Crippen LogP contribution in [0.25, 0.3) is 10.9 Å². The van der Waals surface area contributed by atoms with E-state index in [0.717, 1.165) is 54.6 Å². The van der Waals surface area contributed by atoms with Crippen molar-refractivity contribution in [1.29, 1.82) is 0 Å². The smallest absolute Gasteiger partial charge is 0.747 e. The first-order valence-corrected chi connectivity index (χ1v) is 16.3. The topological polar surface area (TPSA) is 253 Å². The molecular formula is C27H12NNa2O13S3-. The van der Waals surface area contributed by atoms with Gasteiger partial charge >= 0.3 is 59.1 Å². The van der Waals surface area contributed by atoms with Crippen LogP contribution in [0.2, 0.25) is 0 Å². The maximum atomic E-state index is 14.0. The Balaban J connectivity index is 0.00000240. The zero-order valence-electron chi connectivity index (χ0n) is 23.4. The first-order chi connectivity index (χ1) is 20.4. The summed E-state index contributed by atoms with van der Waals surface area (Å²) < 4.78 is 110. The number of aromatic nitrogens is 1. The maximum absolute atomic E-state index is 14.0. The molecule has 0 fully saturated rings. The summed E-state index contributed by atoms with van der Waals surface area (Å²) in [6, 6.07) is 12.4. The molecule has 2 aliphatic rings. The largest absolute Gasteiger partial charge is 1.00 e. The Labute approximate surface area is 304 Å². The van der Waals surface area contributed by atoms with Crippen LogP contribution in [0, 0.1) is 0 Å². The van der Waals surface area contributed by atoms with Gasteiger partial charge in [-0.05, 0) is 6.07 Å². The molecule has 2 aliphatic carbocycles. The Morgan fingerprint density at radius 1 is 0.500 bits per heavy atom. The summed E-state index contributed by atoms with van der Waals surface area (Å²) in [7, 11) is -19.2. The molecule has 0 bridgehead atoms. The maximum Gasteiger partial charge on any atom is 1.00 e. The minimum absolute atomic E-state index is 0. The molecule has 1 aromatic heterocycles. The predicted molar refractivity (Wildman–Crippen MR) is 143 cm³/mol. The average molecular weight is 701 g/mol. The van der Waals surface area contributed by atoms with Crippen molar-refractivity contribution in [3.05, 3.63) is 106 Å². The molecule has 0 N–H and O–H groups in total. The Morgan fingerprint density at radius 3 is 1.17 bits per heavy atom. The van der Waals surface area contributed by atoms with Gasteiger partial charge in [0.25, 0.3) is 0 Å². The van der Waals surface area contributed by atoms with Crippen molar-refractivity contribution in [2.75, 3.05) is 0 Å². The molecule has 46 heavy (non-hydrogen) atoms. The van der Waals surface area contributed by atoms with Gasteiger partial charge in [0.15, 0.2) is 23.1 Å². The second kappa shape index (κ2) is 11.6. The fourth-order valence-corrected chi connectivity index (χ4v) is 8.98. The molecule has 0 unspecified atom stereocenters. The Hall–Kier alpha value is -2.52. The van der Waals surface area contributed by atoms with E-state index >= 15 is 0 Å². The molecule has 0 radical (unpaired) electrons. The number of carbonyl (C=O) groups excluding carboxylic acids is 4. The zero-order chi connectivity index (χ0) is 32.2. The number of pyridine rings is 1. The number of hydrogen-bond donors (Lipinski definition) is 0. The number of para-hydroxylation sites is 1. The van der Waals surface area contributed by atoms with E-state index in [0.29, 0.717) is 0 Å². The van der Waals surface area contributed by atoms with E-state index < -0.39 is 112 Å². The van der Waals surface area contributed by atoms with Crippen LogP contribution in [0.5, 0.6) is 0 Å². The van der Waals surface area contributed by atoms with E-state index in [-0.39, 0.29) is 59.1 Å². The second-order valence-electron chi connectivity index (χ2n) is 9.82. The van der Waals surface area contributed by atoms with Crippen LogP contribution in [0.15, 0.2) is 77.8 Å². The number of rotatable bonds is 5. The molecule has 0 saturated carbocycles. The molecule has 0 aliphatic heterocycles. The molecule has 0 spiro atoms. The first-order valence-electron chi connectivity index (χ1n) is 12.1. The number of benzene rings is 3. The quantitative estimate of drug-likeness (QED) is 0.107. The van der Waals surface area contributed by atoms with Crippen molar-refractivity contribution in [2.45, 2.75) is 14.5 Å². The molecule has 224 valence electrons. The number of Topliss-reactive ketones (excluding diaryl/α,β-unsaturated/α-hetero) is 4. The Bertz CT molecular complexity index is 2340. The van der Waals surface area contributed by atoms with Gasteiger partial charge in [0.05, 0.1) is 5.52 Å². The van der Waals surface area contributed by atoms with Gasteiger partial charge in [0.2, 0.25) is 9.49 Å². The second-order valence-corrected chi connectivity index (χ2v) is 14.2. The molecule has 3 aromatic carbocycles. The van der Waals surface area contributed by atoms with E-state index in [2.05, 4.69) is 4.98 Å². The van der Waals surface area contributed by atoms with Gasteiger partial charge in [-0.2, -0.15) is 0 Å². The van der Waals surface area contributed by atoms with Crippen LogP contribution in [-0.4, -0.2) is 67.0 Å². The molecule has 0 saturated heterocycles. The summed E-state index contributed by atoms with van der Waals surface area (Å²) in [5.41, 5.74) is -7.15. The number of ketones is 4. The third kappa shape index (κ3) is 4.53. The van der Waals surface area contributed by atoms with Gasteiger partial charge in [-0.25, -0.2) is 30.2 Å². The minimum Gasteiger partial charge on any atom is -0.747 e. The summed E-state index contributed by atoms with van der Waals surface area (Å²) in [6.07, 6.45) is 0. The van der Waals surface area contributed by atoms with Crippen LogP contribution >= 0.6 is 0 Å². The summed E-state index contributed by atoms with van der Waals surface area (Å²) >= 11 is 0. The SMILES string of the molecule is O=C1c2ccccc2C(=O)C1(c1c(S(=O)(=O)[O-])nc2ccccc2c1C1(S(=O)(=O)[O-])C(=O)c2ccccc2C1=O)S(=O)(=O)[O-].[Na+].[Na+]. The van der Waals surface area contributed by atoms with Gasteiger partial charge in [-0.3, -0.25) is 19.2 Å². The van der Waals surface area contributed by atoms with Crippen LogP contribution in [-0.2, 0) is 39.8 Å². The van der Waals surface area contributed by atoms with E-state index in [1.807, 2.05) is 0 Å². The first kappa shape index (κ1) is 36.3. The van der Waals surface area contributed by atoms with Crippen LogP contribution in [0.4, 0.5) is 0 Å². The summed E-state index contributed by atoms with van der Waals surface area (Å²) in [5, 5.41) is -2.82. The molecule has 0 amide bonds. The van der Waals surface area contributed by atoms with Crippen LogP contribution in [0.3, 0.4) is 0 Å². The molecular weight excluding hydrogens is 688 g/mol. The van der Waals surface area contributed by atoms with Gasteiger partial charge < -0.3 is 13.7 Å². The van der Waals surface area contributed by atoms with E-state index in [1.54, 1.807) is 0 Å². The summed E-state index contributed by atoms with van der Waals surface area (Å²) in [6.45, 7) is 0. The summed E-state index contributed by atoms with van der Waals surface area (Å²) in [4.78, 5) is 59.6. The predicted octanol–water partition coefficient (Wildman–Crippen LogP) is -5.21. The monoisotopic (exact) mass is 700 g/mol. The fourth-order valence-electron chi connectivity index (χ4n) is 5.94. The molecule has 19 heteroatoms. The van der Waals surface area contributed by atoms with Crippen LogP contribution in [0.1, 0.15) is 52.6 Å². The van der Waals surface area contributed by atoms with Gasteiger partial charge in [-0.15, -0.1) is 0 Å². The normalized spacial score (nSPS) is 16.8. The van der Waals surface area contributed by atoms with Crippen LogP contribution < -0.4 is 59.1 Å². The minimum atomic E-state index is -6.57. The molecule has 4 aromatic rings. The number of nitrogens with zero attached hydrogens (tertiary/aromatic N) is 1. The van der Waals surface area contributed by atoms with E-state index in [9.17, 15) is 58.1 Å². The Morgan fingerprint density at radius 2 is 0.826 bits per heavy atom. The van der Waals surface area contributed by atoms with Gasteiger partial charge in [0.1, 0.15) is 35.4 Å². The van der Waals surface area contributed by atoms with Crippen molar-refractivity contribution in [3.8, 4) is 0 Å². The van der Waals surface area contributed by atoms with Gasteiger partial charge in [-0.1, -0.05) is 66.7 Å².